The van der Waals surface area contributed by atoms with Crippen LogP contribution in [0.1, 0.15) is 30.1 Å². The van der Waals surface area contributed by atoms with Crippen molar-refractivity contribution in [1.29, 1.82) is 0 Å². The van der Waals surface area contributed by atoms with E-state index < -0.39 is 0 Å². The molecule has 0 aromatic heterocycles. The second-order valence-electron chi connectivity index (χ2n) is 6.51. The van der Waals surface area contributed by atoms with Gasteiger partial charge < -0.3 is 10.2 Å². The van der Waals surface area contributed by atoms with Gasteiger partial charge in [0.15, 0.2) is 0 Å². The molecule has 0 radical (unpaired) electrons. The minimum absolute atomic E-state index is 0.0385. The van der Waals surface area contributed by atoms with Crippen LogP contribution in [0.15, 0.2) is 65.6 Å². The van der Waals surface area contributed by atoms with Gasteiger partial charge in [-0.1, -0.05) is 36.4 Å². The summed E-state index contributed by atoms with van der Waals surface area (Å²) in [5.41, 5.74) is 0.680. The van der Waals surface area contributed by atoms with Gasteiger partial charge in [0, 0.05) is 29.6 Å². The fraction of sp³-hybridized carbons (Fsp3) is 0.333. The second-order valence-corrected chi connectivity index (χ2v) is 7.93. The maximum Gasteiger partial charge on any atom is 0.251 e. The lowest BCUT2D eigenvalue weighted by Crippen LogP contribution is -2.48. The van der Waals surface area contributed by atoms with Crippen LogP contribution in [0.4, 0.5) is 0 Å². The number of carbonyl (C=O) groups excluding carboxylic acids is 2. The molecule has 0 aliphatic carbocycles. The van der Waals surface area contributed by atoms with Gasteiger partial charge in [0.1, 0.15) is 0 Å². The van der Waals surface area contributed by atoms with E-state index in [1.807, 2.05) is 72.5 Å². The molecule has 1 atom stereocenters. The highest BCUT2D eigenvalue weighted by atomic mass is 32.2. The van der Waals surface area contributed by atoms with Crippen LogP contribution in [0, 0.1) is 0 Å². The van der Waals surface area contributed by atoms with Crippen LogP contribution in [-0.2, 0) is 4.79 Å². The zero-order valence-electron chi connectivity index (χ0n) is 14.9. The van der Waals surface area contributed by atoms with Crippen LogP contribution >= 0.6 is 11.8 Å². The molecule has 0 spiro atoms. The van der Waals surface area contributed by atoms with Crippen molar-refractivity contribution in [1.82, 2.24) is 10.2 Å². The first-order chi connectivity index (χ1) is 12.6. The molecule has 1 saturated heterocycles. The van der Waals surface area contributed by atoms with E-state index in [-0.39, 0.29) is 23.1 Å². The van der Waals surface area contributed by atoms with Gasteiger partial charge in [-0.25, -0.2) is 0 Å². The van der Waals surface area contributed by atoms with Crippen LogP contribution in [0.2, 0.25) is 0 Å². The summed E-state index contributed by atoms with van der Waals surface area (Å²) >= 11 is 1.59. The number of nitrogens with one attached hydrogen (secondary N) is 1. The van der Waals surface area contributed by atoms with Gasteiger partial charge in [0.2, 0.25) is 5.91 Å². The molecule has 2 aromatic carbocycles. The van der Waals surface area contributed by atoms with Crippen molar-refractivity contribution in [2.75, 3.05) is 13.1 Å². The zero-order valence-corrected chi connectivity index (χ0v) is 15.7. The highest BCUT2D eigenvalue weighted by molar-refractivity contribution is 8.00. The summed E-state index contributed by atoms with van der Waals surface area (Å²) in [5.74, 6) is 0.134. The number of nitrogens with zero attached hydrogens (tertiary/aromatic N) is 1. The quantitative estimate of drug-likeness (QED) is 0.821. The predicted molar refractivity (Wildman–Crippen MR) is 105 cm³/mol. The summed E-state index contributed by atoms with van der Waals surface area (Å²) in [7, 11) is 0. The Hall–Kier alpha value is -2.27. The molecule has 136 valence electrons. The average Bonchev–Trinajstić information content (AvgIpc) is 2.69. The van der Waals surface area contributed by atoms with E-state index in [0.717, 1.165) is 17.7 Å². The molecule has 2 amide bonds. The molecule has 3 rings (SSSR count). The summed E-state index contributed by atoms with van der Waals surface area (Å²) in [6.45, 7) is 3.35. The molecule has 2 aromatic rings. The van der Waals surface area contributed by atoms with Crippen LogP contribution < -0.4 is 5.32 Å². The van der Waals surface area contributed by atoms with Gasteiger partial charge in [0.05, 0.1) is 5.25 Å². The lowest BCUT2D eigenvalue weighted by molar-refractivity contribution is -0.131. The molecule has 26 heavy (non-hydrogen) atoms. The predicted octanol–water partition coefficient (Wildman–Crippen LogP) is 3.59. The second kappa shape index (κ2) is 8.90. The maximum absolute atomic E-state index is 12.7. The van der Waals surface area contributed by atoms with Crippen molar-refractivity contribution in [3.63, 3.8) is 0 Å². The number of likely N-dealkylation sites (tertiary alicyclic amines) is 1. The van der Waals surface area contributed by atoms with Crippen molar-refractivity contribution in [3.8, 4) is 0 Å². The summed E-state index contributed by atoms with van der Waals surface area (Å²) in [4.78, 5) is 27.9. The van der Waals surface area contributed by atoms with Gasteiger partial charge in [-0.3, -0.25) is 9.59 Å². The molecule has 1 N–H and O–H groups in total. The van der Waals surface area contributed by atoms with Crippen molar-refractivity contribution < 1.29 is 9.59 Å². The minimum atomic E-state index is -0.104. The van der Waals surface area contributed by atoms with E-state index in [2.05, 4.69) is 5.32 Å². The smallest absolute Gasteiger partial charge is 0.251 e. The Bertz CT molecular complexity index is 728. The Morgan fingerprint density at radius 3 is 2.19 bits per heavy atom. The molecule has 1 aliphatic heterocycles. The Kier molecular flexibility index (Phi) is 6.34. The van der Waals surface area contributed by atoms with E-state index >= 15 is 0 Å². The third-order valence-electron chi connectivity index (χ3n) is 4.58. The van der Waals surface area contributed by atoms with Crippen LogP contribution in [0.5, 0.6) is 0 Å². The van der Waals surface area contributed by atoms with Gasteiger partial charge in [-0.2, -0.15) is 0 Å². The molecule has 0 unspecified atom stereocenters. The summed E-state index contributed by atoms with van der Waals surface area (Å²) < 4.78 is 0. The number of thioether (sulfide) groups is 1. The van der Waals surface area contributed by atoms with Crippen molar-refractivity contribution in [2.24, 2.45) is 0 Å². The van der Waals surface area contributed by atoms with Gasteiger partial charge >= 0.3 is 0 Å². The molecule has 0 bridgehead atoms. The van der Waals surface area contributed by atoms with E-state index in [1.54, 1.807) is 11.8 Å². The molecular weight excluding hydrogens is 344 g/mol. The lowest BCUT2D eigenvalue weighted by Gasteiger charge is -2.33. The molecule has 5 heteroatoms. The summed E-state index contributed by atoms with van der Waals surface area (Å²) in [6.07, 6.45) is 1.60. The highest BCUT2D eigenvalue weighted by Gasteiger charge is 2.27. The largest absolute Gasteiger partial charge is 0.349 e. The molecule has 1 aliphatic rings. The lowest BCUT2D eigenvalue weighted by atomic mass is 10.0. The van der Waals surface area contributed by atoms with E-state index in [1.165, 1.54) is 0 Å². The number of amides is 2. The summed E-state index contributed by atoms with van der Waals surface area (Å²) in [6, 6.07) is 19.4. The van der Waals surface area contributed by atoms with Gasteiger partial charge in [-0.05, 0) is 44.0 Å². The zero-order chi connectivity index (χ0) is 18.4. The minimum Gasteiger partial charge on any atom is -0.349 e. The van der Waals surface area contributed by atoms with E-state index in [4.69, 9.17) is 0 Å². The van der Waals surface area contributed by atoms with Crippen LogP contribution in [0.3, 0.4) is 0 Å². The normalized spacial score (nSPS) is 16.1. The monoisotopic (exact) mass is 368 g/mol. The van der Waals surface area contributed by atoms with E-state index in [9.17, 15) is 9.59 Å². The molecule has 4 nitrogen and oxygen atoms in total. The first kappa shape index (κ1) is 18.5. The maximum atomic E-state index is 12.7. The third-order valence-corrected chi connectivity index (χ3v) is 5.68. The number of carbonyl (C=O) groups is 2. The van der Waals surface area contributed by atoms with Gasteiger partial charge in [0.25, 0.3) is 5.91 Å². The number of piperidine rings is 1. The summed E-state index contributed by atoms with van der Waals surface area (Å²) in [5, 5.41) is 2.98. The van der Waals surface area contributed by atoms with Crippen molar-refractivity contribution in [2.45, 2.75) is 36.0 Å². The molecule has 1 heterocycles. The number of hydrogen-bond acceptors (Lipinski definition) is 3. The topological polar surface area (TPSA) is 49.4 Å². The Morgan fingerprint density at radius 1 is 1.00 bits per heavy atom. The van der Waals surface area contributed by atoms with Crippen molar-refractivity contribution in [3.05, 3.63) is 66.2 Å². The molecule has 1 fully saturated rings. The fourth-order valence-electron chi connectivity index (χ4n) is 3.11. The third kappa shape index (κ3) is 4.88. The Labute approximate surface area is 159 Å². The standard InChI is InChI=1S/C21H24N2O2S/c1-16(26-19-10-6-3-7-11-19)21(25)23-14-12-18(13-15-23)22-20(24)17-8-4-2-5-9-17/h2-11,16,18H,12-15H2,1H3,(H,22,24)/t16-/m0/s1. The molecule has 0 saturated carbocycles. The van der Waals surface area contributed by atoms with E-state index in [0.29, 0.717) is 18.7 Å². The number of benzene rings is 2. The molecular formula is C21H24N2O2S. The first-order valence-electron chi connectivity index (χ1n) is 9.00. The van der Waals surface area contributed by atoms with Crippen LogP contribution in [0.25, 0.3) is 0 Å². The fourth-order valence-corrected chi connectivity index (χ4v) is 4.09. The SMILES string of the molecule is C[C@H](Sc1ccccc1)C(=O)N1CCC(NC(=O)c2ccccc2)CC1. The average molecular weight is 369 g/mol. The van der Waals surface area contributed by atoms with Crippen LogP contribution in [-0.4, -0.2) is 41.1 Å². The highest BCUT2D eigenvalue weighted by Crippen LogP contribution is 2.25. The van der Waals surface area contributed by atoms with Crippen molar-refractivity contribution >= 4 is 23.6 Å². The van der Waals surface area contributed by atoms with Gasteiger partial charge in [-0.15, -0.1) is 11.8 Å². The first-order valence-corrected chi connectivity index (χ1v) is 9.88. The number of rotatable bonds is 5. The Balaban J connectivity index is 1.47. The number of hydrogen-bond donors (Lipinski definition) is 1. The Morgan fingerprint density at radius 2 is 1.58 bits per heavy atom.